The van der Waals surface area contributed by atoms with E-state index < -0.39 is 0 Å². The van der Waals surface area contributed by atoms with Crippen LogP contribution in [0.25, 0.3) is 11.1 Å². The topological polar surface area (TPSA) is 12.0 Å². The van der Waals surface area contributed by atoms with E-state index in [1.54, 1.807) is 13.0 Å². The standard InChI is InChI=1S/C15H15ClFN/c1-10-7-12(4-6-15(10)17)13-5-3-11(9-18-2)8-14(13)16/h3-8,18H,9H2,1-2H3. The maximum atomic E-state index is 13.2. The highest BCUT2D eigenvalue weighted by atomic mass is 35.5. The molecule has 94 valence electrons. The van der Waals surface area contributed by atoms with Crippen molar-refractivity contribution >= 4 is 11.6 Å². The van der Waals surface area contributed by atoms with Crippen molar-refractivity contribution in [3.8, 4) is 11.1 Å². The molecule has 0 heterocycles. The third-order valence-corrected chi connectivity index (χ3v) is 3.20. The molecule has 0 aliphatic carbocycles. The normalized spacial score (nSPS) is 10.7. The molecule has 0 unspecified atom stereocenters. The summed E-state index contributed by atoms with van der Waals surface area (Å²) >= 11 is 6.27. The van der Waals surface area contributed by atoms with Crippen molar-refractivity contribution in [2.75, 3.05) is 7.05 Å². The predicted molar refractivity (Wildman–Crippen MR) is 74.3 cm³/mol. The molecule has 0 aliphatic heterocycles. The maximum Gasteiger partial charge on any atom is 0.126 e. The lowest BCUT2D eigenvalue weighted by atomic mass is 10.0. The highest BCUT2D eigenvalue weighted by molar-refractivity contribution is 6.33. The minimum absolute atomic E-state index is 0.193. The number of halogens is 2. The molecule has 0 atom stereocenters. The zero-order valence-corrected chi connectivity index (χ0v) is 11.2. The van der Waals surface area contributed by atoms with Crippen LogP contribution in [-0.2, 0) is 6.54 Å². The molecule has 0 aliphatic rings. The molecule has 0 bridgehead atoms. The average Bonchev–Trinajstić information content (AvgIpc) is 2.34. The zero-order chi connectivity index (χ0) is 13.1. The Morgan fingerprint density at radius 3 is 2.56 bits per heavy atom. The summed E-state index contributed by atoms with van der Waals surface area (Å²) < 4.78 is 13.2. The van der Waals surface area contributed by atoms with Gasteiger partial charge in [0.2, 0.25) is 0 Å². The third-order valence-electron chi connectivity index (χ3n) is 2.88. The predicted octanol–water partition coefficient (Wildman–Crippen LogP) is 4.17. The van der Waals surface area contributed by atoms with Crippen molar-refractivity contribution in [2.45, 2.75) is 13.5 Å². The molecule has 1 nitrogen and oxygen atoms in total. The Morgan fingerprint density at radius 2 is 1.94 bits per heavy atom. The van der Waals surface area contributed by atoms with Gasteiger partial charge >= 0.3 is 0 Å². The van der Waals surface area contributed by atoms with Crippen molar-refractivity contribution in [3.63, 3.8) is 0 Å². The molecule has 0 spiro atoms. The van der Waals surface area contributed by atoms with E-state index in [1.807, 2.05) is 31.3 Å². The number of aryl methyl sites for hydroxylation is 1. The molecule has 18 heavy (non-hydrogen) atoms. The number of hydrogen-bond donors (Lipinski definition) is 1. The quantitative estimate of drug-likeness (QED) is 0.876. The minimum atomic E-state index is -0.193. The maximum absolute atomic E-state index is 13.2. The number of benzene rings is 2. The molecule has 0 saturated carbocycles. The Labute approximate surface area is 112 Å². The van der Waals surface area contributed by atoms with Crippen LogP contribution in [0.4, 0.5) is 4.39 Å². The molecular formula is C15H15ClFN. The van der Waals surface area contributed by atoms with Gasteiger partial charge in [-0.25, -0.2) is 4.39 Å². The van der Waals surface area contributed by atoms with Crippen LogP contribution in [-0.4, -0.2) is 7.05 Å². The summed E-state index contributed by atoms with van der Waals surface area (Å²) in [6, 6.07) is 11.0. The molecule has 0 aromatic heterocycles. The highest BCUT2D eigenvalue weighted by Gasteiger charge is 2.06. The zero-order valence-electron chi connectivity index (χ0n) is 10.4. The Morgan fingerprint density at radius 1 is 1.17 bits per heavy atom. The molecule has 2 rings (SSSR count). The Kier molecular flexibility index (Phi) is 4.00. The Hall–Kier alpha value is -1.38. The van der Waals surface area contributed by atoms with Gasteiger partial charge in [0.25, 0.3) is 0 Å². The lowest BCUT2D eigenvalue weighted by molar-refractivity contribution is 0.619. The van der Waals surface area contributed by atoms with Gasteiger partial charge in [-0.2, -0.15) is 0 Å². The smallest absolute Gasteiger partial charge is 0.126 e. The van der Waals surface area contributed by atoms with Gasteiger partial charge in [0.1, 0.15) is 5.82 Å². The second-order valence-electron chi connectivity index (χ2n) is 4.31. The lowest BCUT2D eigenvalue weighted by Crippen LogP contribution is -2.04. The van der Waals surface area contributed by atoms with E-state index in [-0.39, 0.29) is 5.82 Å². The third kappa shape index (κ3) is 2.71. The van der Waals surface area contributed by atoms with Crippen LogP contribution in [0.3, 0.4) is 0 Å². The summed E-state index contributed by atoms with van der Waals surface area (Å²) in [5, 5.41) is 3.77. The summed E-state index contributed by atoms with van der Waals surface area (Å²) in [5.41, 5.74) is 3.63. The van der Waals surface area contributed by atoms with Crippen LogP contribution in [0.5, 0.6) is 0 Å². The van der Waals surface area contributed by atoms with Crippen molar-refractivity contribution in [3.05, 3.63) is 58.4 Å². The highest BCUT2D eigenvalue weighted by Crippen LogP contribution is 2.29. The van der Waals surface area contributed by atoms with Crippen molar-refractivity contribution in [2.24, 2.45) is 0 Å². The first-order valence-electron chi connectivity index (χ1n) is 5.81. The van der Waals surface area contributed by atoms with Crippen LogP contribution in [0.15, 0.2) is 36.4 Å². The molecule has 1 N–H and O–H groups in total. The first-order valence-corrected chi connectivity index (χ1v) is 6.19. The van der Waals surface area contributed by atoms with Crippen molar-refractivity contribution < 1.29 is 4.39 Å². The molecule has 2 aromatic rings. The number of nitrogens with one attached hydrogen (secondary N) is 1. The van der Waals surface area contributed by atoms with Gasteiger partial charge in [0.15, 0.2) is 0 Å². The van der Waals surface area contributed by atoms with Gasteiger partial charge in [-0.05, 0) is 48.9 Å². The van der Waals surface area contributed by atoms with Crippen LogP contribution in [0.2, 0.25) is 5.02 Å². The van der Waals surface area contributed by atoms with Crippen molar-refractivity contribution in [1.29, 1.82) is 0 Å². The van der Waals surface area contributed by atoms with E-state index in [4.69, 9.17) is 11.6 Å². The van der Waals surface area contributed by atoms with E-state index in [9.17, 15) is 4.39 Å². The van der Waals surface area contributed by atoms with E-state index >= 15 is 0 Å². The molecule has 0 saturated heterocycles. The van der Waals surface area contributed by atoms with Gasteiger partial charge in [0, 0.05) is 17.1 Å². The van der Waals surface area contributed by atoms with Crippen LogP contribution < -0.4 is 5.32 Å². The van der Waals surface area contributed by atoms with Crippen molar-refractivity contribution in [1.82, 2.24) is 5.32 Å². The Balaban J connectivity index is 2.41. The summed E-state index contributed by atoms with van der Waals surface area (Å²) in [6.45, 7) is 2.53. The molecule has 0 radical (unpaired) electrons. The van der Waals surface area contributed by atoms with E-state index in [0.717, 1.165) is 23.2 Å². The Bertz CT molecular complexity index is 566. The molecule has 3 heteroatoms. The molecule has 0 amide bonds. The van der Waals surface area contributed by atoms with Crippen LogP contribution in [0.1, 0.15) is 11.1 Å². The summed E-state index contributed by atoms with van der Waals surface area (Å²) in [4.78, 5) is 0. The molecule has 2 aromatic carbocycles. The van der Waals surface area contributed by atoms with Gasteiger partial charge in [0.05, 0.1) is 0 Å². The summed E-state index contributed by atoms with van der Waals surface area (Å²) in [5.74, 6) is -0.193. The van der Waals surface area contributed by atoms with Gasteiger partial charge in [-0.3, -0.25) is 0 Å². The van der Waals surface area contributed by atoms with Crippen LogP contribution >= 0.6 is 11.6 Å². The fourth-order valence-electron chi connectivity index (χ4n) is 1.92. The number of hydrogen-bond acceptors (Lipinski definition) is 1. The van der Waals surface area contributed by atoms with Gasteiger partial charge < -0.3 is 5.32 Å². The van der Waals surface area contributed by atoms with Crippen LogP contribution in [0, 0.1) is 12.7 Å². The first kappa shape index (κ1) is 13.1. The largest absolute Gasteiger partial charge is 0.316 e. The SMILES string of the molecule is CNCc1ccc(-c2ccc(F)c(C)c2)c(Cl)c1. The average molecular weight is 264 g/mol. The lowest BCUT2D eigenvalue weighted by Gasteiger charge is -2.08. The van der Waals surface area contributed by atoms with E-state index in [2.05, 4.69) is 5.32 Å². The molecular weight excluding hydrogens is 249 g/mol. The monoisotopic (exact) mass is 263 g/mol. The second-order valence-corrected chi connectivity index (χ2v) is 4.72. The second kappa shape index (κ2) is 5.51. The summed E-state index contributed by atoms with van der Waals surface area (Å²) in [7, 11) is 1.89. The van der Waals surface area contributed by atoms with Gasteiger partial charge in [-0.15, -0.1) is 0 Å². The summed E-state index contributed by atoms with van der Waals surface area (Å²) in [6.07, 6.45) is 0. The van der Waals surface area contributed by atoms with E-state index in [1.165, 1.54) is 6.07 Å². The first-order chi connectivity index (χ1) is 8.61. The number of rotatable bonds is 3. The van der Waals surface area contributed by atoms with Gasteiger partial charge in [-0.1, -0.05) is 29.8 Å². The minimum Gasteiger partial charge on any atom is -0.316 e. The molecule has 0 fully saturated rings. The fourth-order valence-corrected chi connectivity index (χ4v) is 2.23. The van der Waals surface area contributed by atoms with E-state index in [0.29, 0.717) is 10.6 Å². The fraction of sp³-hybridized carbons (Fsp3) is 0.200.